The molecule has 0 atom stereocenters. The van der Waals surface area contributed by atoms with Crippen molar-refractivity contribution in [2.24, 2.45) is 0 Å². The van der Waals surface area contributed by atoms with Gasteiger partial charge in [-0.3, -0.25) is 9.58 Å². The zero-order valence-corrected chi connectivity index (χ0v) is 11.4. The van der Waals surface area contributed by atoms with Crippen molar-refractivity contribution in [2.45, 2.75) is 33.5 Å². The Morgan fingerprint density at radius 3 is 2.67 bits per heavy atom. The first-order chi connectivity index (χ1) is 8.67. The summed E-state index contributed by atoms with van der Waals surface area (Å²) in [5.74, 6) is 0. The van der Waals surface area contributed by atoms with Gasteiger partial charge in [0.25, 0.3) is 0 Å². The Morgan fingerprint density at radius 1 is 1.22 bits per heavy atom. The van der Waals surface area contributed by atoms with Gasteiger partial charge >= 0.3 is 0 Å². The molecule has 0 bridgehead atoms. The lowest BCUT2D eigenvalue weighted by Gasteiger charge is -2.15. The average Bonchev–Trinajstić information content (AvgIpc) is 2.76. The van der Waals surface area contributed by atoms with Gasteiger partial charge in [0.05, 0.1) is 6.20 Å². The van der Waals surface area contributed by atoms with Crippen LogP contribution in [-0.2, 0) is 19.6 Å². The number of aromatic nitrogens is 2. The van der Waals surface area contributed by atoms with E-state index in [0.29, 0.717) is 0 Å². The summed E-state index contributed by atoms with van der Waals surface area (Å²) >= 11 is 0. The topological polar surface area (TPSA) is 21.1 Å². The molecule has 0 unspecified atom stereocenters. The zero-order chi connectivity index (χ0) is 13.0. The molecule has 2 rings (SSSR count). The molecule has 0 saturated carbocycles. The molecule has 1 heterocycles. The van der Waals surface area contributed by atoms with Crippen LogP contribution in [0.4, 0.5) is 0 Å². The molecule has 3 heteroatoms. The maximum atomic E-state index is 4.30. The summed E-state index contributed by atoms with van der Waals surface area (Å²) < 4.78 is 1.97. The van der Waals surface area contributed by atoms with E-state index in [9.17, 15) is 0 Å². The van der Waals surface area contributed by atoms with Gasteiger partial charge in [0.2, 0.25) is 0 Å². The summed E-state index contributed by atoms with van der Waals surface area (Å²) in [4.78, 5) is 2.31. The summed E-state index contributed by atoms with van der Waals surface area (Å²) in [7, 11) is 2.14. The van der Waals surface area contributed by atoms with Gasteiger partial charge in [-0.05, 0) is 26.5 Å². The number of rotatable bonds is 5. The SMILES string of the molecule is CCn1cc(CN(C)Cc2cccc(C)c2)cn1. The number of benzene rings is 1. The zero-order valence-electron chi connectivity index (χ0n) is 11.4. The lowest BCUT2D eigenvalue weighted by molar-refractivity contribution is 0.319. The van der Waals surface area contributed by atoms with Crippen molar-refractivity contribution in [1.82, 2.24) is 14.7 Å². The fourth-order valence-corrected chi connectivity index (χ4v) is 2.15. The van der Waals surface area contributed by atoms with Crippen molar-refractivity contribution >= 4 is 0 Å². The van der Waals surface area contributed by atoms with Crippen molar-refractivity contribution in [3.05, 3.63) is 53.3 Å². The normalized spacial score (nSPS) is 11.1. The predicted octanol–water partition coefficient (Wildman–Crippen LogP) is 2.84. The molecule has 96 valence electrons. The van der Waals surface area contributed by atoms with Crippen LogP contribution < -0.4 is 0 Å². The molecule has 0 spiro atoms. The molecule has 0 saturated heterocycles. The fraction of sp³-hybridized carbons (Fsp3) is 0.400. The maximum Gasteiger partial charge on any atom is 0.0534 e. The number of hydrogen-bond acceptors (Lipinski definition) is 2. The van der Waals surface area contributed by atoms with Crippen molar-refractivity contribution in [3.8, 4) is 0 Å². The van der Waals surface area contributed by atoms with E-state index in [2.05, 4.69) is 61.4 Å². The Balaban J connectivity index is 1.94. The van der Waals surface area contributed by atoms with Crippen molar-refractivity contribution in [1.29, 1.82) is 0 Å². The van der Waals surface area contributed by atoms with E-state index in [-0.39, 0.29) is 0 Å². The minimum absolute atomic E-state index is 0.932. The van der Waals surface area contributed by atoms with Crippen LogP contribution >= 0.6 is 0 Å². The largest absolute Gasteiger partial charge is 0.298 e. The monoisotopic (exact) mass is 243 g/mol. The van der Waals surface area contributed by atoms with Gasteiger partial charge in [-0.15, -0.1) is 0 Å². The van der Waals surface area contributed by atoms with E-state index in [1.165, 1.54) is 16.7 Å². The molecule has 0 N–H and O–H groups in total. The number of hydrogen-bond donors (Lipinski definition) is 0. The molecule has 0 fully saturated rings. The van der Waals surface area contributed by atoms with Crippen LogP contribution in [0.15, 0.2) is 36.7 Å². The standard InChI is InChI=1S/C15H21N3/c1-4-18-12-15(9-16-18)11-17(3)10-14-7-5-6-13(2)8-14/h5-9,12H,4,10-11H2,1-3H3. The highest BCUT2D eigenvalue weighted by Gasteiger charge is 2.04. The Bertz CT molecular complexity index is 502. The molecule has 3 nitrogen and oxygen atoms in total. The van der Waals surface area contributed by atoms with E-state index in [1.54, 1.807) is 0 Å². The van der Waals surface area contributed by atoms with Crippen LogP contribution in [0.2, 0.25) is 0 Å². The van der Waals surface area contributed by atoms with E-state index >= 15 is 0 Å². The molecule has 2 aromatic rings. The molecular weight excluding hydrogens is 222 g/mol. The van der Waals surface area contributed by atoms with Crippen LogP contribution in [0, 0.1) is 6.92 Å². The molecule has 1 aromatic heterocycles. The average molecular weight is 243 g/mol. The highest BCUT2D eigenvalue weighted by Crippen LogP contribution is 2.09. The van der Waals surface area contributed by atoms with Gasteiger partial charge in [0.15, 0.2) is 0 Å². The van der Waals surface area contributed by atoms with Gasteiger partial charge < -0.3 is 0 Å². The molecule has 0 amide bonds. The first-order valence-corrected chi connectivity index (χ1v) is 6.43. The van der Waals surface area contributed by atoms with Crippen LogP contribution in [0.1, 0.15) is 23.6 Å². The third-order valence-corrected chi connectivity index (χ3v) is 3.00. The first kappa shape index (κ1) is 12.8. The van der Waals surface area contributed by atoms with Crippen molar-refractivity contribution in [2.75, 3.05) is 7.05 Å². The molecule has 0 aliphatic rings. The summed E-state index contributed by atoms with van der Waals surface area (Å²) in [6.07, 6.45) is 4.07. The molecule has 0 aliphatic heterocycles. The van der Waals surface area contributed by atoms with E-state index in [1.807, 2.05) is 10.9 Å². The second kappa shape index (κ2) is 5.83. The highest BCUT2D eigenvalue weighted by molar-refractivity contribution is 5.22. The Morgan fingerprint density at radius 2 is 2.00 bits per heavy atom. The Hall–Kier alpha value is -1.61. The maximum absolute atomic E-state index is 4.30. The van der Waals surface area contributed by atoms with Crippen LogP contribution in [-0.4, -0.2) is 21.7 Å². The molecule has 18 heavy (non-hydrogen) atoms. The summed E-state index contributed by atoms with van der Waals surface area (Å²) in [6.45, 7) is 7.08. The Kier molecular flexibility index (Phi) is 4.15. The summed E-state index contributed by atoms with van der Waals surface area (Å²) in [5.41, 5.74) is 3.95. The van der Waals surface area contributed by atoms with Gasteiger partial charge in [-0.2, -0.15) is 5.10 Å². The van der Waals surface area contributed by atoms with Crippen LogP contribution in [0.5, 0.6) is 0 Å². The molecule has 0 aliphatic carbocycles. The first-order valence-electron chi connectivity index (χ1n) is 6.43. The highest BCUT2D eigenvalue weighted by atomic mass is 15.3. The van der Waals surface area contributed by atoms with E-state index in [0.717, 1.165) is 19.6 Å². The lowest BCUT2D eigenvalue weighted by atomic mass is 10.1. The number of nitrogens with zero attached hydrogens (tertiary/aromatic N) is 3. The summed E-state index contributed by atoms with van der Waals surface area (Å²) in [5, 5.41) is 4.30. The van der Waals surface area contributed by atoms with Gasteiger partial charge in [-0.1, -0.05) is 29.8 Å². The van der Waals surface area contributed by atoms with Gasteiger partial charge in [0, 0.05) is 31.4 Å². The second-order valence-electron chi connectivity index (χ2n) is 4.87. The third-order valence-electron chi connectivity index (χ3n) is 3.00. The van der Waals surface area contributed by atoms with Crippen LogP contribution in [0.25, 0.3) is 0 Å². The summed E-state index contributed by atoms with van der Waals surface area (Å²) in [6, 6.07) is 8.67. The molecular formula is C15H21N3. The van der Waals surface area contributed by atoms with Crippen molar-refractivity contribution in [3.63, 3.8) is 0 Å². The fourth-order valence-electron chi connectivity index (χ4n) is 2.15. The third kappa shape index (κ3) is 3.44. The smallest absolute Gasteiger partial charge is 0.0534 e. The van der Waals surface area contributed by atoms with Crippen LogP contribution in [0.3, 0.4) is 0 Å². The molecule has 1 aromatic carbocycles. The van der Waals surface area contributed by atoms with Gasteiger partial charge in [-0.25, -0.2) is 0 Å². The molecule has 0 radical (unpaired) electrons. The minimum atomic E-state index is 0.932. The Labute approximate surface area is 109 Å². The minimum Gasteiger partial charge on any atom is -0.298 e. The number of aryl methyl sites for hydroxylation is 2. The van der Waals surface area contributed by atoms with E-state index < -0.39 is 0 Å². The predicted molar refractivity (Wildman–Crippen MR) is 74.3 cm³/mol. The van der Waals surface area contributed by atoms with E-state index in [4.69, 9.17) is 0 Å². The van der Waals surface area contributed by atoms with Crippen molar-refractivity contribution < 1.29 is 0 Å². The van der Waals surface area contributed by atoms with Gasteiger partial charge in [0.1, 0.15) is 0 Å². The quantitative estimate of drug-likeness (QED) is 0.805. The lowest BCUT2D eigenvalue weighted by Crippen LogP contribution is -2.16. The second-order valence-corrected chi connectivity index (χ2v) is 4.87.